The average molecular weight is 1640 g/mol. The average Bonchev–Trinajstić information content (AvgIpc) is 1.54. The zero-order valence-corrected chi connectivity index (χ0v) is 65.3. The number of carboxylic acids is 1. The first-order chi connectivity index (χ1) is 55.7. The number of carbonyl (C=O) groups is 18. The second-order valence-corrected chi connectivity index (χ2v) is 28.6. The number of aromatic nitrogens is 1. The number of aliphatic hydroxyl groups excluding tert-OH is 1. The van der Waals surface area contributed by atoms with Gasteiger partial charge in [0, 0.05) is 62.8 Å². The van der Waals surface area contributed by atoms with Gasteiger partial charge < -0.3 is 123 Å². The highest BCUT2D eigenvalue weighted by molar-refractivity contribution is 6.03. The molecule has 28 N–H and O–H groups in total. The van der Waals surface area contributed by atoms with Crippen molar-refractivity contribution in [2.45, 2.75) is 189 Å². The topological polar surface area (TPSA) is 695 Å². The quantitative estimate of drug-likeness (QED) is 0.0181. The lowest BCUT2D eigenvalue weighted by molar-refractivity contribution is -0.144. The van der Waals surface area contributed by atoms with E-state index in [1.165, 1.54) is 25.4 Å². The van der Waals surface area contributed by atoms with E-state index in [9.17, 15) is 77.3 Å². The molecule has 0 spiro atoms. The van der Waals surface area contributed by atoms with Crippen LogP contribution in [-0.2, 0) is 106 Å². The van der Waals surface area contributed by atoms with Crippen molar-refractivity contribution in [3.63, 3.8) is 0 Å². The van der Waals surface area contributed by atoms with Crippen molar-refractivity contribution < 1.29 is 101 Å². The van der Waals surface area contributed by atoms with Crippen molar-refractivity contribution in [2.24, 2.45) is 28.7 Å². The van der Waals surface area contributed by atoms with Crippen LogP contribution in [-0.4, -0.2) is 226 Å². The van der Waals surface area contributed by atoms with E-state index < -0.39 is 242 Å². The Balaban J connectivity index is 1.49. The fourth-order valence-electron chi connectivity index (χ4n) is 12.4. The van der Waals surface area contributed by atoms with Crippen molar-refractivity contribution in [1.82, 2.24) is 79.4 Å². The van der Waals surface area contributed by atoms with E-state index in [1.54, 1.807) is 78.9 Å². The molecule has 118 heavy (non-hydrogen) atoms. The van der Waals surface area contributed by atoms with Gasteiger partial charge in [-0.05, 0) is 98.5 Å². The molecule has 0 radical (unpaired) electrons. The van der Waals surface area contributed by atoms with Gasteiger partial charge in [-0.2, -0.15) is 0 Å². The molecular formula is C76H101N21O21. The summed E-state index contributed by atoms with van der Waals surface area (Å²) in [7, 11) is 1.39. The third-order valence-electron chi connectivity index (χ3n) is 18.7. The van der Waals surface area contributed by atoms with Crippen LogP contribution in [0, 0.1) is 5.41 Å². The van der Waals surface area contributed by atoms with Crippen LogP contribution >= 0.6 is 0 Å². The number of nitrogens with one attached hydrogen (secondary N) is 16. The molecule has 17 amide bonds. The molecule has 4 aromatic carbocycles. The van der Waals surface area contributed by atoms with Crippen LogP contribution < -0.4 is 108 Å². The van der Waals surface area contributed by atoms with Crippen LogP contribution in [0.4, 0.5) is 0 Å². The molecule has 1 aromatic heterocycles. The molecule has 42 nitrogen and oxygen atoms in total. The van der Waals surface area contributed by atoms with Crippen LogP contribution in [0.2, 0.25) is 0 Å². The minimum absolute atomic E-state index is 0.0445. The highest BCUT2D eigenvalue weighted by Gasteiger charge is 2.41. The van der Waals surface area contributed by atoms with Crippen LogP contribution in [0.25, 0.3) is 21.7 Å². The van der Waals surface area contributed by atoms with Gasteiger partial charge in [0.15, 0.2) is 5.96 Å². The van der Waals surface area contributed by atoms with Crippen molar-refractivity contribution in [3.05, 3.63) is 114 Å². The van der Waals surface area contributed by atoms with Gasteiger partial charge in [-0.25, -0.2) is 4.79 Å². The van der Waals surface area contributed by atoms with Gasteiger partial charge in [-0.3, -0.25) is 86.9 Å². The summed E-state index contributed by atoms with van der Waals surface area (Å²) in [6.45, 7) is 3.77. The number of ether oxygens (including phenoxy) is 1. The number of aliphatic hydroxyl groups is 1. The third-order valence-corrected chi connectivity index (χ3v) is 18.7. The Bertz CT molecular complexity index is 4570. The number of hydrogen-bond acceptors (Lipinski definition) is 21. The maximum absolute atomic E-state index is 15.4. The zero-order chi connectivity index (χ0) is 87.3. The number of para-hydroxylation sites is 1. The Hall–Kier alpha value is -13.8. The van der Waals surface area contributed by atoms with Crippen LogP contribution in [0.15, 0.2) is 97.2 Å². The second kappa shape index (κ2) is 44.2. The standard InChI is InChI=1S/C76H101N21O21/c1-37(98)62-72(114)93-52(31-43-36-85-46-15-9-8-14-45(43)46)67(109)87-48(23-24-57(77)100)64(106)88-49(25-27-84-75(81)82)65(107)89-50(29-39-18-21-44(118-5)22-19-39)66(108)90-51(30-40-17-20-41-12-6-7-13-42(41)28-40)71(113)97-76(3,4)74(117)95-55(69(111)92-53(32-58(78)101)68(110)94-56(73(115)116)34-60(80)103)35-61(104)83-26-11-10-16-47(86-38(2)99)63(105)91-54(33-59(79)102)70(112)96-62/h6-9,12-15,17-22,28,36-37,47-56,62,85,98H,10-11,16,23-27,29-35H2,1-5H3,(H2,77,100)(H2,78,101)(H2,79,102)(H2,80,103)(H,83,104)(H,86,99)(H,87,109)(H,88,106)(H,89,107)(H,90,108)(H,91,105)(H,92,111)(H,93,114)(H,94,110)(H,95,117)(H,96,112)(H,97,113)(H,115,116)(H4,81,82,84)/t37-,47?,48+,49+,50+,51+,52+,53+,54+,55-,56+,62?/m1/s1. The Morgan fingerprint density at radius 2 is 1.14 bits per heavy atom. The molecule has 6 rings (SSSR count). The number of primary amides is 4. The highest BCUT2D eigenvalue weighted by Crippen LogP contribution is 2.22. The summed E-state index contributed by atoms with van der Waals surface area (Å²) < 4.78 is 5.36. The molecular weight excluding hydrogens is 1540 g/mol. The van der Waals surface area contributed by atoms with Crippen molar-refractivity contribution >= 4 is 134 Å². The second-order valence-electron chi connectivity index (χ2n) is 28.6. The molecule has 1 fully saturated rings. The molecule has 0 aliphatic carbocycles. The first-order valence-corrected chi connectivity index (χ1v) is 37.4. The van der Waals surface area contributed by atoms with Crippen LogP contribution in [0.1, 0.15) is 109 Å². The molecule has 1 aliphatic heterocycles. The molecule has 636 valence electrons. The van der Waals surface area contributed by atoms with Gasteiger partial charge in [0.25, 0.3) is 0 Å². The van der Waals surface area contributed by atoms with Crippen LogP contribution in [0.5, 0.6) is 5.75 Å². The van der Waals surface area contributed by atoms with E-state index in [0.29, 0.717) is 38.7 Å². The molecule has 1 saturated heterocycles. The summed E-state index contributed by atoms with van der Waals surface area (Å²) >= 11 is 0. The monoisotopic (exact) mass is 1640 g/mol. The SMILES string of the molecule is COc1ccc(C[C@@H]2NC(=O)[C@H](CCNC(=N)N)NC(=O)[C@H](CCC(N)=O)NC(=O)[C@H](Cc3c[nH]c4ccccc34)NC(=O)C([C@@H](C)O)NC(=O)[C@H](CC(N)=O)NC(=O)C(NC(C)=O)CCCCNC(=O)C[C@H](C(=O)N[C@@H](CC(N)=O)C(=O)N[C@@H](CC(N)=O)C(=O)O)NC(=O)C(C)(C)NC(=O)[C@H](Cc3ccc4ccccc4c3)NC2=O)cc1. The minimum atomic E-state index is -2.21. The number of aromatic amines is 1. The molecule has 5 aromatic rings. The molecule has 0 saturated carbocycles. The summed E-state index contributed by atoms with van der Waals surface area (Å²) in [6, 6.07) is 4.54. The summed E-state index contributed by atoms with van der Waals surface area (Å²) in [4.78, 5) is 253. The van der Waals surface area contributed by atoms with E-state index in [-0.39, 0.29) is 45.2 Å². The van der Waals surface area contributed by atoms with E-state index in [1.807, 2.05) is 5.32 Å². The molecule has 42 heteroatoms. The number of guanidine groups is 1. The minimum Gasteiger partial charge on any atom is -0.497 e. The fourth-order valence-corrected chi connectivity index (χ4v) is 12.4. The lowest BCUT2D eigenvalue weighted by atomic mass is 9.97. The number of H-pyrrole nitrogens is 1. The number of fused-ring (bicyclic) bond motifs is 2. The van der Waals surface area contributed by atoms with Gasteiger partial charge in [0.2, 0.25) is 100 Å². The van der Waals surface area contributed by atoms with E-state index >= 15 is 19.2 Å². The number of carboxylic acid groups (broad SMARTS) is 1. The number of methoxy groups -OCH3 is 1. The zero-order valence-electron chi connectivity index (χ0n) is 65.3. The number of carbonyl (C=O) groups excluding carboxylic acids is 17. The number of rotatable bonds is 26. The van der Waals surface area contributed by atoms with Crippen molar-refractivity contribution in [3.8, 4) is 5.75 Å². The maximum Gasteiger partial charge on any atom is 0.326 e. The van der Waals surface area contributed by atoms with E-state index in [0.717, 1.165) is 33.1 Å². The predicted octanol–water partition coefficient (Wildman–Crippen LogP) is -6.47. The summed E-state index contributed by atoms with van der Waals surface area (Å²) in [5.41, 5.74) is 27.0. The molecule has 12 atom stereocenters. The van der Waals surface area contributed by atoms with Crippen molar-refractivity contribution in [2.75, 3.05) is 20.2 Å². The van der Waals surface area contributed by atoms with Crippen molar-refractivity contribution in [1.29, 1.82) is 5.41 Å². The molecule has 1 aliphatic rings. The first-order valence-electron chi connectivity index (χ1n) is 37.4. The lowest BCUT2D eigenvalue weighted by Crippen LogP contribution is -2.64. The number of hydrogen-bond donors (Lipinski definition) is 23. The summed E-state index contributed by atoms with van der Waals surface area (Å²) in [6.07, 6.45) is -7.52. The Morgan fingerprint density at radius 1 is 0.593 bits per heavy atom. The number of benzene rings is 4. The number of aliphatic carboxylic acids is 1. The third kappa shape index (κ3) is 29.5. The lowest BCUT2D eigenvalue weighted by Gasteiger charge is -2.31. The Kier molecular flexibility index (Phi) is 34.8. The smallest absolute Gasteiger partial charge is 0.326 e. The van der Waals surface area contributed by atoms with Gasteiger partial charge in [0.1, 0.15) is 77.7 Å². The molecule has 2 unspecified atom stereocenters. The van der Waals surface area contributed by atoms with E-state index in [4.69, 9.17) is 38.8 Å². The van der Waals surface area contributed by atoms with Gasteiger partial charge in [-0.15, -0.1) is 0 Å². The molecule has 2 heterocycles. The summed E-state index contributed by atoms with van der Waals surface area (Å²) in [5, 5.41) is 64.8. The normalized spacial score (nSPS) is 21.5. The van der Waals surface area contributed by atoms with Crippen LogP contribution in [0.3, 0.4) is 0 Å². The summed E-state index contributed by atoms with van der Waals surface area (Å²) in [5.74, 6) is -21.8. The van der Waals surface area contributed by atoms with Gasteiger partial charge in [-0.1, -0.05) is 72.8 Å². The molecule has 0 bridgehead atoms. The fraction of sp³-hybridized carbons (Fsp3) is 0.434. The number of amides is 17. The van der Waals surface area contributed by atoms with E-state index in [2.05, 4.69) is 74.1 Å². The maximum atomic E-state index is 15.4. The Labute approximate surface area is 675 Å². The number of nitrogens with two attached hydrogens (primary N) is 5. The largest absolute Gasteiger partial charge is 0.497 e. The predicted molar refractivity (Wildman–Crippen MR) is 421 cm³/mol. The first kappa shape index (κ1) is 93.0. The van der Waals surface area contributed by atoms with Gasteiger partial charge in [0.05, 0.1) is 38.9 Å². The highest BCUT2D eigenvalue weighted by atomic mass is 16.5. The Morgan fingerprint density at radius 3 is 1.75 bits per heavy atom. The van der Waals surface area contributed by atoms with Gasteiger partial charge >= 0.3 is 5.97 Å².